The number of benzene rings is 1. The predicted molar refractivity (Wildman–Crippen MR) is 63.4 cm³/mol. The van der Waals surface area contributed by atoms with E-state index in [1.807, 2.05) is 0 Å². The lowest BCUT2D eigenvalue weighted by molar-refractivity contribution is 0.298. The SMILES string of the molecule is CC1CCN(Cc2ccccc2)CS1. The lowest BCUT2D eigenvalue weighted by Gasteiger charge is -2.29. The van der Waals surface area contributed by atoms with Gasteiger partial charge in [0.05, 0.1) is 0 Å². The maximum atomic E-state index is 2.53. The second-order valence-corrected chi connectivity index (χ2v) is 5.33. The predicted octanol–water partition coefficient (Wildman–Crippen LogP) is 2.97. The van der Waals surface area contributed by atoms with Gasteiger partial charge >= 0.3 is 0 Å². The van der Waals surface area contributed by atoms with E-state index in [4.69, 9.17) is 0 Å². The third-order valence-electron chi connectivity index (χ3n) is 2.64. The molecule has 2 rings (SSSR count). The maximum Gasteiger partial charge on any atom is 0.0450 e. The highest BCUT2D eigenvalue weighted by atomic mass is 32.2. The normalized spacial score (nSPS) is 23.6. The molecule has 76 valence electrons. The molecular weight excluding hydrogens is 190 g/mol. The molecule has 0 bridgehead atoms. The summed E-state index contributed by atoms with van der Waals surface area (Å²) in [7, 11) is 0. The smallest absolute Gasteiger partial charge is 0.0450 e. The minimum Gasteiger partial charge on any atom is -0.290 e. The van der Waals surface area contributed by atoms with Crippen LogP contribution in [0.25, 0.3) is 0 Å². The van der Waals surface area contributed by atoms with Crippen LogP contribution in [0.2, 0.25) is 0 Å². The van der Waals surface area contributed by atoms with Crippen molar-refractivity contribution >= 4 is 11.8 Å². The van der Waals surface area contributed by atoms with Crippen molar-refractivity contribution in [3.63, 3.8) is 0 Å². The summed E-state index contributed by atoms with van der Waals surface area (Å²) in [5, 5.41) is 0.849. The summed E-state index contributed by atoms with van der Waals surface area (Å²) < 4.78 is 0. The number of rotatable bonds is 2. The summed E-state index contributed by atoms with van der Waals surface area (Å²) in [6.07, 6.45) is 1.33. The standard InChI is InChI=1S/C12H17NS/c1-11-7-8-13(10-14-11)9-12-5-3-2-4-6-12/h2-6,11H,7-10H2,1H3. The molecule has 1 heterocycles. The van der Waals surface area contributed by atoms with Gasteiger partial charge in [-0.2, -0.15) is 0 Å². The van der Waals surface area contributed by atoms with Crippen molar-refractivity contribution in [1.29, 1.82) is 0 Å². The van der Waals surface area contributed by atoms with E-state index in [2.05, 4.69) is 53.9 Å². The lowest BCUT2D eigenvalue weighted by Crippen LogP contribution is -2.30. The van der Waals surface area contributed by atoms with Crippen LogP contribution in [0.4, 0.5) is 0 Å². The van der Waals surface area contributed by atoms with Crippen LogP contribution in [0.5, 0.6) is 0 Å². The first-order chi connectivity index (χ1) is 6.84. The first-order valence-electron chi connectivity index (χ1n) is 5.22. The topological polar surface area (TPSA) is 3.24 Å². The molecule has 0 N–H and O–H groups in total. The molecule has 1 aliphatic heterocycles. The molecule has 0 saturated carbocycles. The van der Waals surface area contributed by atoms with E-state index < -0.39 is 0 Å². The molecule has 0 radical (unpaired) electrons. The fourth-order valence-corrected chi connectivity index (χ4v) is 2.67. The Morgan fingerprint density at radius 1 is 1.36 bits per heavy atom. The Balaban J connectivity index is 1.87. The molecule has 1 aromatic rings. The zero-order valence-corrected chi connectivity index (χ0v) is 9.46. The zero-order chi connectivity index (χ0) is 9.80. The second kappa shape index (κ2) is 4.85. The Kier molecular flexibility index (Phi) is 3.49. The highest BCUT2D eigenvalue weighted by Crippen LogP contribution is 2.22. The number of nitrogens with zero attached hydrogens (tertiary/aromatic N) is 1. The minimum absolute atomic E-state index is 0.849. The molecule has 0 aliphatic carbocycles. The van der Waals surface area contributed by atoms with Crippen molar-refractivity contribution in [3.8, 4) is 0 Å². The zero-order valence-electron chi connectivity index (χ0n) is 8.65. The van der Waals surface area contributed by atoms with Crippen molar-refractivity contribution in [1.82, 2.24) is 4.90 Å². The van der Waals surface area contributed by atoms with E-state index in [1.165, 1.54) is 24.4 Å². The Hall–Kier alpha value is -0.470. The second-order valence-electron chi connectivity index (χ2n) is 3.93. The van der Waals surface area contributed by atoms with E-state index >= 15 is 0 Å². The molecule has 1 fully saturated rings. The number of hydrogen-bond acceptors (Lipinski definition) is 2. The van der Waals surface area contributed by atoms with Crippen molar-refractivity contribution in [3.05, 3.63) is 35.9 Å². The van der Waals surface area contributed by atoms with Crippen LogP contribution >= 0.6 is 11.8 Å². The Bertz CT molecular complexity index is 265. The van der Waals surface area contributed by atoms with Crippen molar-refractivity contribution in [2.75, 3.05) is 12.4 Å². The van der Waals surface area contributed by atoms with Gasteiger partial charge in [-0.25, -0.2) is 0 Å². The first-order valence-corrected chi connectivity index (χ1v) is 6.27. The van der Waals surface area contributed by atoms with Gasteiger partial charge in [0.2, 0.25) is 0 Å². The van der Waals surface area contributed by atoms with Crippen molar-refractivity contribution in [2.24, 2.45) is 0 Å². The van der Waals surface area contributed by atoms with Gasteiger partial charge in [0.25, 0.3) is 0 Å². The van der Waals surface area contributed by atoms with Crippen LogP contribution in [-0.4, -0.2) is 22.6 Å². The average molecular weight is 207 g/mol. The average Bonchev–Trinajstić information content (AvgIpc) is 2.23. The molecule has 0 amide bonds. The number of thioether (sulfide) groups is 1. The number of hydrogen-bond donors (Lipinski definition) is 0. The van der Waals surface area contributed by atoms with Crippen LogP contribution in [-0.2, 0) is 6.54 Å². The van der Waals surface area contributed by atoms with Gasteiger partial charge in [-0.05, 0) is 12.0 Å². The van der Waals surface area contributed by atoms with Gasteiger partial charge in [0.15, 0.2) is 0 Å². The Morgan fingerprint density at radius 2 is 2.14 bits per heavy atom. The van der Waals surface area contributed by atoms with Crippen molar-refractivity contribution in [2.45, 2.75) is 25.1 Å². The van der Waals surface area contributed by atoms with E-state index in [0.29, 0.717) is 0 Å². The molecule has 1 aromatic carbocycles. The summed E-state index contributed by atoms with van der Waals surface area (Å²) in [5.74, 6) is 1.19. The van der Waals surface area contributed by atoms with E-state index in [9.17, 15) is 0 Å². The minimum atomic E-state index is 0.849. The Morgan fingerprint density at radius 3 is 2.79 bits per heavy atom. The van der Waals surface area contributed by atoms with Gasteiger partial charge in [0.1, 0.15) is 0 Å². The van der Waals surface area contributed by atoms with Crippen molar-refractivity contribution < 1.29 is 0 Å². The molecule has 14 heavy (non-hydrogen) atoms. The van der Waals surface area contributed by atoms with Gasteiger partial charge in [-0.3, -0.25) is 4.90 Å². The molecule has 1 unspecified atom stereocenters. The van der Waals surface area contributed by atoms with E-state index in [0.717, 1.165) is 11.8 Å². The molecule has 0 spiro atoms. The highest BCUT2D eigenvalue weighted by molar-refractivity contribution is 7.99. The lowest BCUT2D eigenvalue weighted by atomic mass is 10.2. The third kappa shape index (κ3) is 2.76. The quantitative estimate of drug-likeness (QED) is 0.733. The molecule has 1 nitrogen and oxygen atoms in total. The van der Waals surface area contributed by atoms with Crippen LogP contribution in [0.15, 0.2) is 30.3 Å². The Labute approximate surface area is 90.5 Å². The summed E-state index contributed by atoms with van der Waals surface area (Å²) in [6.45, 7) is 4.69. The van der Waals surface area contributed by atoms with Crippen LogP contribution in [0.3, 0.4) is 0 Å². The summed E-state index contributed by atoms with van der Waals surface area (Å²) in [6, 6.07) is 10.7. The van der Waals surface area contributed by atoms with Gasteiger partial charge in [-0.1, -0.05) is 37.3 Å². The molecular formula is C12H17NS. The first kappa shape index (κ1) is 10.1. The van der Waals surface area contributed by atoms with E-state index in [1.54, 1.807) is 0 Å². The monoisotopic (exact) mass is 207 g/mol. The van der Waals surface area contributed by atoms with Gasteiger partial charge in [0, 0.05) is 24.2 Å². The van der Waals surface area contributed by atoms with Gasteiger partial charge < -0.3 is 0 Å². The maximum absolute atomic E-state index is 2.53. The fraction of sp³-hybridized carbons (Fsp3) is 0.500. The third-order valence-corrected chi connectivity index (χ3v) is 3.96. The highest BCUT2D eigenvalue weighted by Gasteiger charge is 2.15. The largest absolute Gasteiger partial charge is 0.290 e. The molecule has 1 atom stereocenters. The molecule has 1 aliphatic rings. The molecule has 2 heteroatoms. The summed E-state index contributed by atoms with van der Waals surface area (Å²) in [4.78, 5) is 2.53. The molecule has 1 saturated heterocycles. The fourth-order valence-electron chi connectivity index (χ4n) is 1.71. The van der Waals surface area contributed by atoms with Crippen LogP contribution < -0.4 is 0 Å². The van der Waals surface area contributed by atoms with Crippen LogP contribution in [0.1, 0.15) is 18.9 Å². The van der Waals surface area contributed by atoms with Gasteiger partial charge in [-0.15, -0.1) is 11.8 Å². The summed E-state index contributed by atoms with van der Waals surface area (Å²) in [5.41, 5.74) is 1.43. The van der Waals surface area contributed by atoms with Crippen LogP contribution in [0, 0.1) is 0 Å². The molecule has 0 aromatic heterocycles. The van der Waals surface area contributed by atoms with E-state index in [-0.39, 0.29) is 0 Å². The summed E-state index contributed by atoms with van der Waals surface area (Å²) >= 11 is 2.07.